The summed E-state index contributed by atoms with van der Waals surface area (Å²) in [5.74, 6) is 0.774. The maximum atomic E-state index is 14.0. The molecule has 2 aliphatic heterocycles. The topological polar surface area (TPSA) is 65.6 Å². The van der Waals surface area contributed by atoms with Crippen LogP contribution in [0.2, 0.25) is 0 Å². The van der Waals surface area contributed by atoms with E-state index >= 15 is 0 Å². The normalized spacial score (nSPS) is 16.5. The van der Waals surface area contributed by atoms with Gasteiger partial charge in [0, 0.05) is 51.0 Å². The molecule has 2 fully saturated rings. The molecule has 2 heterocycles. The zero-order valence-corrected chi connectivity index (χ0v) is 18.3. The molecule has 0 aliphatic carbocycles. The van der Waals surface area contributed by atoms with Crippen molar-refractivity contribution in [2.45, 2.75) is 0 Å². The Morgan fingerprint density at radius 1 is 0.938 bits per heavy atom. The Balaban J connectivity index is 1.34. The highest BCUT2D eigenvalue weighted by Gasteiger charge is 2.33. The minimum Gasteiger partial charge on any atom is -0.493 e. The molecule has 2 aliphatic rings. The van der Waals surface area contributed by atoms with Gasteiger partial charge in [0.05, 0.1) is 19.9 Å². The van der Waals surface area contributed by atoms with Crippen molar-refractivity contribution in [1.82, 2.24) is 9.80 Å². The number of ether oxygens (including phenoxy) is 2. The van der Waals surface area contributed by atoms with Crippen LogP contribution >= 0.6 is 0 Å². The second-order valence-electron chi connectivity index (χ2n) is 7.71. The number of amides is 3. The van der Waals surface area contributed by atoms with E-state index in [0.29, 0.717) is 62.1 Å². The SMILES string of the molecule is COc1ccc(N2CCN(CC(=O)N3CCN(c4ccccc4F)CC3)C2=O)cc1OC. The van der Waals surface area contributed by atoms with Crippen LogP contribution in [0, 0.1) is 5.82 Å². The smallest absolute Gasteiger partial charge is 0.325 e. The van der Waals surface area contributed by atoms with E-state index in [0.717, 1.165) is 0 Å². The van der Waals surface area contributed by atoms with E-state index in [1.807, 2.05) is 4.90 Å². The number of carbonyl (C=O) groups is 2. The lowest BCUT2D eigenvalue weighted by Crippen LogP contribution is -2.51. The Morgan fingerprint density at radius 2 is 1.66 bits per heavy atom. The van der Waals surface area contributed by atoms with Crippen molar-refractivity contribution in [3.8, 4) is 11.5 Å². The first-order valence-electron chi connectivity index (χ1n) is 10.6. The minimum absolute atomic E-state index is 0.0301. The van der Waals surface area contributed by atoms with Crippen molar-refractivity contribution in [3.63, 3.8) is 0 Å². The van der Waals surface area contributed by atoms with E-state index in [4.69, 9.17) is 9.47 Å². The maximum Gasteiger partial charge on any atom is 0.325 e. The number of halogens is 1. The quantitative estimate of drug-likeness (QED) is 0.688. The van der Waals surface area contributed by atoms with Gasteiger partial charge in [0.15, 0.2) is 11.5 Å². The fourth-order valence-electron chi connectivity index (χ4n) is 4.13. The number of methoxy groups -OCH3 is 2. The molecule has 0 spiro atoms. The third-order valence-corrected chi connectivity index (χ3v) is 5.93. The highest BCUT2D eigenvalue weighted by atomic mass is 19.1. The van der Waals surface area contributed by atoms with Gasteiger partial charge in [-0.3, -0.25) is 9.69 Å². The molecule has 0 N–H and O–H groups in total. The summed E-state index contributed by atoms with van der Waals surface area (Å²) >= 11 is 0. The molecule has 9 heteroatoms. The van der Waals surface area contributed by atoms with E-state index in [1.165, 1.54) is 6.07 Å². The molecule has 170 valence electrons. The second kappa shape index (κ2) is 9.33. The van der Waals surface area contributed by atoms with Crippen molar-refractivity contribution >= 4 is 23.3 Å². The summed E-state index contributed by atoms with van der Waals surface area (Å²) in [6.07, 6.45) is 0. The minimum atomic E-state index is -0.259. The van der Waals surface area contributed by atoms with Crippen LogP contribution in [0.5, 0.6) is 11.5 Å². The van der Waals surface area contributed by atoms with Gasteiger partial charge in [0.25, 0.3) is 0 Å². The van der Waals surface area contributed by atoms with Gasteiger partial charge in [-0.05, 0) is 24.3 Å². The number of urea groups is 1. The predicted octanol–water partition coefficient (Wildman–Crippen LogP) is 2.43. The molecule has 32 heavy (non-hydrogen) atoms. The lowest BCUT2D eigenvalue weighted by atomic mass is 10.2. The summed E-state index contributed by atoms with van der Waals surface area (Å²) in [6, 6.07) is 11.8. The summed E-state index contributed by atoms with van der Waals surface area (Å²) in [6.45, 7) is 3.08. The third-order valence-electron chi connectivity index (χ3n) is 5.93. The Kier molecular flexibility index (Phi) is 6.34. The third kappa shape index (κ3) is 4.28. The molecule has 3 amide bonds. The first-order chi connectivity index (χ1) is 15.5. The maximum absolute atomic E-state index is 14.0. The van der Waals surface area contributed by atoms with Gasteiger partial charge in [-0.15, -0.1) is 0 Å². The van der Waals surface area contributed by atoms with Gasteiger partial charge in [-0.2, -0.15) is 0 Å². The van der Waals surface area contributed by atoms with Crippen LogP contribution in [0.15, 0.2) is 42.5 Å². The lowest BCUT2D eigenvalue weighted by molar-refractivity contribution is -0.131. The number of carbonyl (C=O) groups excluding carboxylic acids is 2. The molecule has 4 rings (SSSR count). The largest absolute Gasteiger partial charge is 0.493 e. The summed E-state index contributed by atoms with van der Waals surface area (Å²) in [5, 5.41) is 0. The highest BCUT2D eigenvalue weighted by Crippen LogP contribution is 2.32. The van der Waals surface area contributed by atoms with Crippen LogP contribution in [0.25, 0.3) is 0 Å². The van der Waals surface area contributed by atoms with E-state index in [2.05, 4.69) is 0 Å². The first kappa shape index (κ1) is 21.7. The van der Waals surface area contributed by atoms with Crippen molar-refractivity contribution in [3.05, 3.63) is 48.3 Å². The number of hydrogen-bond acceptors (Lipinski definition) is 5. The number of rotatable bonds is 6. The van der Waals surface area contributed by atoms with Crippen molar-refractivity contribution in [1.29, 1.82) is 0 Å². The monoisotopic (exact) mass is 442 g/mol. The molecule has 2 aromatic rings. The van der Waals surface area contributed by atoms with Crippen molar-refractivity contribution < 1.29 is 23.5 Å². The van der Waals surface area contributed by atoms with Crippen LogP contribution in [0.3, 0.4) is 0 Å². The fraction of sp³-hybridized carbons (Fsp3) is 0.391. The predicted molar refractivity (Wildman–Crippen MR) is 119 cm³/mol. The number of para-hydroxylation sites is 1. The molecular formula is C23H27FN4O4. The van der Waals surface area contributed by atoms with Gasteiger partial charge in [0.1, 0.15) is 12.4 Å². The van der Waals surface area contributed by atoms with E-state index in [9.17, 15) is 14.0 Å². The molecule has 2 saturated heterocycles. The van der Waals surface area contributed by atoms with Crippen LogP contribution < -0.4 is 19.3 Å². The molecule has 0 aromatic heterocycles. The second-order valence-corrected chi connectivity index (χ2v) is 7.71. The van der Waals surface area contributed by atoms with E-state index in [-0.39, 0.29) is 24.3 Å². The van der Waals surface area contributed by atoms with Gasteiger partial charge in [-0.25, -0.2) is 9.18 Å². The summed E-state index contributed by atoms with van der Waals surface area (Å²) in [7, 11) is 3.10. The molecule has 0 bridgehead atoms. The number of anilines is 2. The average molecular weight is 442 g/mol. The lowest BCUT2D eigenvalue weighted by Gasteiger charge is -2.36. The number of hydrogen-bond donors (Lipinski definition) is 0. The Bertz CT molecular complexity index is 994. The molecule has 2 aromatic carbocycles. The molecule has 0 atom stereocenters. The standard InChI is InChI=1S/C23H27FN4O4/c1-31-20-8-7-17(15-21(20)32-2)28-14-13-27(23(28)30)16-22(29)26-11-9-25(10-12-26)19-6-4-3-5-18(19)24/h3-8,15H,9-14,16H2,1-2H3. The van der Waals surface area contributed by atoms with Crippen LogP contribution in [0.1, 0.15) is 0 Å². The summed E-state index contributed by atoms with van der Waals surface area (Å²) in [5.41, 5.74) is 1.25. The first-order valence-corrected chi connectivity index (χ1v) is 10.6. The van der Waals surface area contributed by atoms with Gasteiger partial charge >= 0.3 is 6.03 Å². The number of piperazine rings is 1. The molecular weight excluding hydrogens is 415 g/mol. The Labute approximate surface area is 186 Å². The van der Waals surface area contributed by atoms with Crippen LogP contribution in [-0.4, -0.2) is 81.8 Å². The van der Waals surface area contributed by atoms with Gasteiger partial charge in [-0.1, -0.05) is 12.1 Å². The van der Waals surface area contributed by atoms with Gasteiger partial charge in [0.2, 0.25) is 5.91 Å². The molecule has 8 nitrogen and oxygen atoms in total. The zero-order chi connectivity index (χ0) is 22.7. The zero-order valence-electron chi connectivity index (χ0n) is 18.3. The van der Waals surface area contributed by atoms with E-state index < -0.39 is 0 Å². The van der Waals surface area contributed by atoms with Gasteiger partial charge < -0.3 is 24.2 Å². The van der Waals surface area contributed by atoms with Crippen LogP contribution in [0.4, 0.5) is 20.6 Å². The molecule has 0 saturated carbocycles. The summed E-state index contributed by atoms with van der Waals surface area (Å²) < 4.78 is 24.6. The van der Waals surface area contributed by atoms with Crippen molar-refractivity contribution in [2.75, 3.05) is 69.8 Å². The average Bonchev–Trinajstić information content (AvgIpc) is 3.18. The number of benzene rings is 2. The Morgan fingerprint density at radius 3 is 2.34 bits per heavy atom. The van der Waals surface area contributed by atoms with Crippen molar-refractivity contribution in [2.24, 2.45) is 0 Å². The van der Waals surface area contributed by atoms with Crippen LogP contribution in [-0.2, 0) is 4.79 Å². The highest BCUT2D eigenvalue weighted by molar-refractivity contribution is 5.96. The summed E-state index contributed by atoms with van der Waals surface area (Å²) in [4.78, 5) is 32.6. The molecule has 0 radical (unpaired) electrons. The Hall–Kier alpha value is -3.49. The van der Waals surface area contributed by atoms with E-state index in [1.54, 1.807) is 65.3 Å². The fourth-order valence-corrected chi connectivity index (χ4v) is 4.13. The number of nitrogens with zero attached hydrogens (tertiary/aromatic N) is 4. The molecule has 0 unspecified atom stereocenters.